The van der Waals surface area contributed by atoms with Crippen LogP contribution in [0.15, 0.2) is 11.8 Å². The molecule has 0 N–H and O–H groups in total. The summed E-state index contributed by atoms with van der Waals surface area (Å²) in [6.07, 6.45) is 5.10. The van der Waals surface area contributed by atoms with E-state index in [-0.39, 0.29) is 46.3 Å². The highest BCUT2D eigenvalue weighted by molar-refractivity contribution is 5.66. The van der Waals surface area contributed by atoms with Gasteiger partial charge in [-0.05, 0) is 96.9 Å². The summed E-state index contributed by atoms with van der Waals surface area (Å²) in [5.41, 5.74) is 0.513. The van der Waals surface area contributed by atoms with E-state index in [1.807, 2.05) is 6.92 Å². The summed E-state index contributed by atoms with van der Waals surface area (Å²) in [7, 11) is 0. The predicted octanol–water partition coefficient (Wildman–Crippen LogP) is 7.45. The lowest BCUT2D eigenvalue weighted by molar-refractivity contribution is -0.181. The van der Waals surface area contributed by atoms with E-state index >= 15 is 0 Å². The Balaban J connectivity index is 1.33. The second-order valence-electron chi connectivity index (χ2n) is 14.2. The van der Waals surface area contributed by atoms with Crippen LogP contribution in [0.5, 0.6) is 0 Å². The Morgan fingerprint density at radius 3 is 2.31 bits per heavy atom. The Morgan fingerprint density at radius 1 is 1.00 bits per heavy atom. The van der Waals surface area contributed by atoms with Gasteiger partial charge in [-0.3, -0.25) is 4.79 Å². The zero-order chi connectivity index (χ0) is 25.4. The topological polar surface area (TPSA) is 35.5 Å². The number of rotatable bonds is 1. The van der Waals surface area contributed by atoms with Crippen molar-refractivity contribution in [2.24, 2.45) is 50.7 Å². The fraction of sp³-hybridized carbons (Fsp3) is 0.897. The molecule has 6 heteroatoms. The lowest BCUT2D eigenvalue weighted by Crippen LogP contribution is -2.58. The number of carbonyl (C=O) groups excluding carboxylic acids is 1. The molecule has 196 valence electrons. The molecule has 1 heterocycles. The van der Waals surface area contributed by atoms with Gasteiger partial charge in [0.05, 0.1) is 0 Å². The molecule has 6 rings (SSSR count). The van der Waals surface area contributed by atoms with Crippen LogP contribution < -0.4 is 0 Å². The van der Waals surface area contributed by atoms with Gasteiger partial charge in [0.1, 0.15) is 12.2 Å². The van der Waals surface area contributed by atoms with E-state index in [4.69, 9.17) is 9.47 Å². The predicted molar refractivity (Wildman–Crippen MR) is 126 cm³/mol. The molecular formula is C29H41F3O3. The van der Waals surface area contributed by atoms with Crippen LogP contribution in [0.2, 0.25) is 0 Å². The van der Waals surface area contributed by atoms with Crippen LogP contribution in [-0.4, -0.2) is 24.4 Å². The maximum absolute atomic E-state index is 13.6. The Kier molecular flexibility index (Phi) is 4.70. The molecule has 35 heavy (non-hydrogen) atoms. The van der Waals surface area contributed by atoms with Gasteiger partial charge in [0.2, 0.25) is 0 Å². The van der Waals surface area contributed by atoms with E-state index < -0.39 is 11.9 Å². The molecule has 10 atom stereocenters. The van der Waals surface area contributed by atoms with Gasteiger partial charge in [0, 0.05) is 18.3 Å². The number of fused-ring (bicyclic) bond motifs is 4. The third kappa shape index (κ3) is 2.78. The standard InChI is InChI=1S/C29H41F3O3/c1-16-13-22(29(30,31)32)35-18-14-26(6)20-8-7-19-24(3,4)21(34-17(2)33)9-10-27(19)15-28(20,27)12-11-25(26,5)23(16)18/h13,16,18-21,23H,7-12,14-15H2,1-6H3/t16?,18?,19?,20?,21-,23?,25+,26-,27+,28-/m0/s1. The van der Waals surface area contributed by atoms with Crippen LogP contribution >= 0.6 is 0 Å². The quantitative estimate of drug-likeness (QED) is 0.355. The van der Waals surface area contributed by atoms with Crippen molar-refractivity contribution < 1.29 is 27.4 Å². The van der Waals surface area contributed by atoms with Crippen molar-refractivity contribution in [3.8, 4) is 0 Å². The van der Waals surface area contributed by atoms with Gasteiger partial charge in [-0.15, -0.1) is 0 Å². The van der Waals surface area contributed by atoms with E-state index in [1.165, 1.54) is 25.8 Å². The summed E-state index contributed by atoms with van der Waals surface area (Å²) >= 11 is 0. The van der Waals surface area contributed by atoms with E-state index in [0.29, 0.717) is 22.7 Å². The molecule has 0 bridgehead atoms. The molecular weight excluding hydrogens is 453 g/mol. The second kappa shape index (κ2) is 6.81. The average Bonchev–Trinajstić information content (AvgIpc) is 3.33. The molecule has 6 aliphatic rings. The summed E-state index contributed by atoms with van der Waals surface area (Å²) in [6, 6.07) is 0. The first-order chi connectivity index (χ1) is 16.1. The Hall–Kier alpha value is -1.20. The normalized spacial score (nSPS) is 53.6. The lowest BCUT2D eigenvalue weighted by Gasteiger charge is -2.63. The largest absolute Gasteiger partial charge is 0.486 e. The van der Waals surface area contributed by atoms with Crippen molar-refractivity contribution in [2.75, 3.05) is 0 Å². The number of ether oxygens (including phenoxy) is 2. The monoisotopic (exact) mass is 494 g/mol. The van der Waals surface area contributed by atoms with Gasteiger partial charge in [0.25, 0.3) is 0 Å². The maximum Gasteiger partial charge on any atom is 0.448 e. The zero-order valence-corrected chi connectivity index (χ0v) is 22.1. The summed E-state index contributed by atoms with van der Waals surface area (Å²) in [6.45, 7) is 12.9. The smallest absolute Gasteiger partial charge is 0.448 e. The van der Waals surface area contributed by atoms with E-state index in [9.17, 15) is 18.0 Å². The first-order valence-corrected chi connectivity index (χ1v) is 13.8. The van der Waals surface area contributed by atoms with Crippen molar-refractivity contribution in [1.82, 2.24) is 0 Å². The fourth-order valence-corrected chi connectivity index (χ4v) is 11.6. The Morgan fingerprint density at radius 2 is 1.66 bits per heavy atom. The number of esters is 1. The third-order valence-electron chi connectivity index (χ3n) is 12.9. The molecule has 1 aliphatic heterocycles. The number of hydrogen-bond donors (Lipinski definition) is 0. The van der Waals surface area contributed by atoms with Gasteiger partial charge in [-0.2, -0.15) is 13.2 Å². The molecule has 0 saturated heterocycles. The van der Waals surface area contributed by atoms with Crippen LogP contribution in [0.4, 0.5) is 13.2 Å². The van der Waals surface area contributed by atoms with Crippen molar-refractivity contribution in [2.45, 2.75) is 111 Å². The van der Waals surface area contributed by atoms with E-state index in [0.717, 1.165) is 38.5 Å². The Labute approximate surface area is 207 Å². The van der Waals surface area contributed by atoms with Gasteiger partial charge >= 0.3 is 12.1 Å². The minimum Gasteiger partial charge on any atom is -0.486 e. The highest BCUT2D eigenvalue weighted by Crippen LogP contribution is 2.89. The minimum absolute atomic E-state index is 0.0122. The van der Waals surface area contributed by atoms with Crippen LogP contribution in [0.1, 0.15) is 92.9 Å². The summed E-state index contributed by atoms with van der Waals surface area (Å²) in [5, 5.41) is 0. The van der Waals surface area contributed by atoms with Gasteiger partial charge in [0.15, 0.2) is 5.76 Å². The van der Waals surface area contributed by atoms with Crippen LogP contribution in [0, 0.1) is 50.7 Å². The third-order valence-corrected chi connectivity index (χ3v) is 12.9. The molecule has 0 radical (unpaired) electrons. The van der Waals surface area contributed by atoms with Crippen molar-refractivity contribution in [3.63, 3.8) is 0 Å². The van der Waals surface area contributed by atoms with Gasteiger partial charge in [-0.1, -0.05) is 34.6 Å². The summed E-state index contributed by atoms with van der Waals surface area (Å²) < 4.78 is 52.4. The SMILES string of the molecule is CC(=O)O[C@H]1CC[C@]23C[C@]24CC[C@]2(C)C5C(C)C=C(C(F)(F)F)OC5C[C@@]2(C)C4CCC3C1(C)C. The molecule has 3 nitrogen and oxygen atoms in total. The number of allylic oxidation sites excluding steroid dienone is 2. The highest BCUT2D eigenvalue weighted by Gasteiger charge is 2.83. The molecule has 5 aliphatic carbocycles. The van der Waals surface area contributed by atoms with E-state index in [1.54, 1.807) is 0 Å². The average molecular weight is 495 g/mol. The van der Waals surface area contributed by atoms with Gasteiger partial charge < -0.3 is 9.47 Å². The molecule has 0 amide bonds. The summed E-state index contributed by atoms with van der Waals surface area (Å²) in [5.74, 6) is 0.113. The first-order valence-electron chi connectivity index (χ1n) is 13.8. The van der Waals surface area contributed by atoms with Crippen molar-refractivity contribution >= 4 is 5.97 Å². The van der Waals surface area contributed by atoms with Crippen LogP contribution in [-0.2, 0) is 14.3 Å². The lowest BCUT2D eigenvalue weighted by atomic mass is 9.42. The van der Waals surface area contributed by atoms with Gasteiger partial charge in [-0.25, -0.2) is 0 Å². The maximum atomic E-state index is 13.6. The second-order valence-corrected chi connectivity index (χ2v) is 14.2. The minimum atomic E-state index is -4.42. The van der Waals surface area contributed by atoms with Crippen LogP contribution in [0.3, 0.4) is 0 Å². The Bertz CT molecular complexity index is 986. The molecule has 0 aromatic carbocycles. The molecule has 0 aromatic heterocycles. The molecule has 5 unspecified atom stereocenters. The number of hydrogen-bond acceptors (Lipinski definition) is 3. The fourth-order valence-electron chi connectivity index (χ4n) is 11.6. The zero-order valence-electron chi connectivity index (χ0n) is 22.1. The molecule has 5 saturated carbocycles. The highest BCUT2D eigenvalue weighted by atomic mass is 19.4. The van der Waals surface area contributed by atoms with Crippen molar-refractivity contribution in [3.05, 3.63) is 11.8 Å². The summed E-state index contributed by atoms with van der Waals surface area (Å²) in [4.78, 5) is 11.8. The van der Waals surface area contributed by atoms with E-state index in [2.05, 4.69) is 27.7 Å². The van der Waals surface area contributed by atoms with Crippen LogP contribution in [0.25, 0.3) is 0 Å². The first kappa shape index (κ1) is 24.2. The molecule has 5 fully saturated rings. The molecule has 2 spiro atoms. The number of alkyl halides is 3. The molecule has 0 aromatic rings. The number of halogens is 3. The van der Waals surface area contributed by atoms with Crippen molar-refractivity contribution in [1.29, 1.82) is 0 Å². The number of carbonyl (C=O) groups is 1.